The second-order valence-electron chi connectivity index (χ2n) is 6.44. The van der Waals surface area contributed by atoms with E-state index in [1.54, 1.807) is 36.3 Å². The molecule has 1 saturated heterocycles. The Kier molecular flexibility index (Phi) is 5.96. The number of carbonyl (C=O) groups is 2. The van der Waals surface area contributed by atoms with Crippen LogP contribution < -0.4 is 19.7 Å². The predicted octanol–water partition coefficient (Wildman–Crippen LogP) is 2.88. The van der Waals surface area contributed by atoms with Crippen molar-refractivity contribution in [3.63, 3.8) is 0 Å². The topological polar surface area (TPSA) is 67.9 Å². The predicted molar refractivity (Wildman–Crippen MR) is 103 cm³/mol. The zero-order valence-electron chi connectivity index (χ0n) is 15.6. The van der Waals surface area contributed by atoms with Gasteiger partial charge in [0.1, 0.15) is 11.5 Å². The minimum Gasteiger partial charge on any atom is -0.497 e. The lowest BCUT2D eigenvalue weighted by Gasteiger charge is -2.17. The van der Waals surface area contributed by atoms with Crippen LogP contribution in [0.3, 0.4) is 0 Å². The van der Waals surface area contributed by atoms with Crippen molar-refractivity contribution < 1.29 is 19.1 Å². The Morgan fingerprint density at radius 2 is 1.96 bits per heavy atom. The quantitative estimate of drug-likeness (QED) is 0.816. The number of benzene rings is 2. The van der Waals surface area contributed by atoms with E-state index in [9.17, 15) is 9.59 Å². The van der Waals surface area contributed by atoms with Crippen LogP contribution in [0.25, 0.3) is 0 Å². The van der Waals surface area contributed by atoms with Crippen LogP contribution in [0, 0.1) is 5.92 Å². The van der Waals surface area contributed by atoms with Gasteiger partial charge in [0.2, 0.25) is 5.91 Å². The van der Waals surface area contributed by atoms with E-state index in [1.165, 1.54) is 0 Å². The van der Waals surface area contributed by atoms with E-state index in [0.29, 0.717) is 37.4 Å². The minimum atomic E-state index is -0.166. The number of nitrogens with one attached hydrogen (secondary N) is 1. The summed E-state index contributed by atoms with van der Waals surface area (Å²) < 4.78 is 10.6. The van der Waals surface area contributed by atoms with Gasteiger partial charge < -0.3 is 19.7 Å². The molecule has 6 heteroatoms. The van der Waals surface area contributed by atoms with Crippen LogP contribution in [-0.4, -0.2) is 38.6 Å². The van der Waals surface area contributed by atoms with Crippen molar-refractivity contribution >= 4 is 17.5 Å². The number of hydrogen-bond donors (Lipinski definition) is 1. The number of methoxy groups -OCH3 is 1. The van der Waals surface area contributed by atoms with Gasteiger partial charge in [0.25, 0.3) is 5.91 Å². The molecule has 3 rings (SSSR count). The zero-order chi connectivity index (χ0) is 19.2. The molecule has 1 N–H and O–H groups in total. The average Bonchev–Trinajstić information content (AvgIpc) is 3.07. The molecule has 0 spiro atoms. The van der Waals surface area contributed by atoms with Gasteiger partial charge in [-0.05, 0) is 49.4 Å². The van der Waals surface area contributed by atoms with Crippen molar-refractivity contribution in [2.24, 2.45) is 5.92 Å². The molecule has 2 amide bonds. The molecule has 0 bridgehead atoms. The molecule has 0 saturated carbocycles. The van der Waals surface area contributed by atoms with E-state index in [2.05, 4.69) is 5.32 Å². The van der Waals surface area contributed by atoms with Crippen LogP contribution in [0.4, 0.5) is 5.69 Å². The Bertz CT molecular complexity index is 804. The fourth-order valence-electron chi connectivity index (χ4n) is 3.16. The van der Waals surface area contributed by atoms with E-state index >= 15 is 0 Å². The number of ether oxygens (including phenoxy) is 2. The maximum absolute atomic E-state index is 12.4. The summed E-state index contributed by atoms with van der Waals surface area (Å²) >= 11 is 0. The number of carbonyl (C=O) groups excluding carboxylic acids is 2. The molecule has 1 aliphatic heterocycles. The summed E-state index contributed by atoms with van der Waals surface area (Å²) in [4.78, 5) is 26.4. The van der Waals surface area contributed by atoms with Crippen LogP contribution in [0.5, 0.6) is 11.5 Å². The highest BCUT2D eigenvalue weighted by Gasteiger charge is 2.30. The number of nitrogens with zero attached hydrogens (tertiary/aromatic N) is 1. The van der Waals surface area contributed by atoms with Gasteiger partial charge in [-0.15, -0.1) is 0 Å². The summed E-state index contributed by atoms with van der Waals surface area (Å²) in [6.45, 7) is 3.58. The summed E-state index contributed by atoms with van der Waals surface area (Å²) in [7, 11) is 1.57. The van der Waals surface area contributed by atoms with Crippen molar-refractivity contribution in [3.8, 4) is 11.5 Å². The monoisotopic (exact) mass is 368 g/mol. The molecular formula is C21H24N2O4. The van der Waals surface area contributed by atoms with Gasteiger partial charge in [-0.1, -0.05) is 6.07 Å². The molecule has 1 heterocycles. The maximum Gasteiger partial charge on any atom is 0.251 e. The smallest absolute Gasteiger partial charge is 0.251 e. The number of rotatable bonds is 7. The van der Waals surface area contributed by atoms with Gasteiger partial charge in [-0.3, -0.25) is 9.59 Å². The zero-order valence-corrected chi connectivity index (χ0v) is 15.6. The van der Waals surface area contributed by atoms with Gasteiger partial charge in [0.05, 0.1) is 13.7 Å². The normalized spacial score (nSPS) is 16.3. The second-order valence-corrected chi connectivity index (χ2v) is 6.44. The SMILES string of the molecule is CCOc1ccc(N2CC(CNC(=O)c3cccc(OC)c3)CC2=O)cc1. The Labute approximate surface area is 159 Å². The number of hydrogen-bond acceptors (Lipinski definition) is 4. The lowest BCUT2D eigenvalue weighted by molar-refractivity contribution is -0.117. The van der Waals surface area contributed by atoms with E-state index in [1.807, 2.05) is 31.2 Å². The molecule has 0 aliphatic carbocycles. The first-order valence-electron chi connectivity index (χ1n) is 9.06. The molecule has 2 aromatic rings. The van der Waals surface area contributed by atoms with Crippen molar-refractivity contribution in [1.82, 2.24) is 5.32 Å². The standard InChI is InChI=1S/C21H24N2O4/c1-3-27-18-9-7-17(8-10-18)23-14-15(11-20(23)24)13-22-21(25)16-5-4-6-19(12-16)26-2/h4-10,12,15H,3,11,13-14H2,1-2H3,(H,22,25). The van der Waals surface area contributed by atoms with Crippen molar-refractivity contribution in [2.45, 2.75) is 13.3 Å². The molecule has 1 aliphatic rings. The summed E-state index contributed by atoms with van der Waals surface area (Å²) in [6.07, 6.45) is 0.422. The molecule has 27 heavy (non-hydrogen) atoms. The van der Waals surface area contributed by atoms with Crippen LogP contribution >= 0.6 is 0 Å². The third-order valence-corrected chi connectivity index (χ3v) is 4.55. The van der Waals surface area contributed by atoms with Crippen molar-refractivity contribution in [1.29, 1.82) is 0 Å². The molecule has 1 atom stereocenters. The third-order valence-electron chi connectivity index (χ3n) is 4.55. The highest BCUT2D eigenvalue weighted by molar-refractivity contribution is 5.96. The maximum atomic E-state index is 12.4. The van der Waals surface area contributed by atoms with E-state index in [0.717, 1.165) is 11.4 Å². The first-order valence-corrected chi connectivity index (χ1v) is 9.06. The molecule has 142 valence electrons. The van der Waals surface area contributed by atoms with Crippen LogP contribution in [0.2, 0.25) is 0 Å². The highest BCUT2D eigenvalue weighted by Crippen LogP contribution is 2.26. The molecular weight excluding hydrogens is 344 g/mol. The molecule has 0 radical (unpaired) electrons. The Morgan fingerprint density at radius 3 is 2.67 bits per heavy atom. The van der Waals surface area contributed by atoms with Crippen LogP contribution in [0.15, 0.2) is 48.5 Å². The lowest BCUT2D eigenvalue weighted by atomic mass is 10.1. The third kappa shape index (κ3) is 4.58. The average molecular weight is 368 g/mol. The van der Waals surface area contributed by atoms with Gasteiger partial charge in [0, 0.05) is 36.7 Å². The Hall–Kier alpha value is -3.02. The van der Waals surface area contributed by atoms with Gasteiger partial charge in [0.15, 0.2) is 0 Å². The Morgan fingerprint density at radius 1 is 1.19 bits per heavy atom. The van der Waals surface area contributed by atoms with Gasteiger partial charge in [-0.2, -0.15) is 0 Å². The summed E-state index contributed by atoms with van der Waals surface area (Å²) in [6, 6.07) is 14.5. The molecule has 1 fully saturated rings. The molecule has 2 aromatic carbocycles. The lowest BCUT2D eigenvalue weighted by Crippen LogP contribution is -2.31. The van der Waals surface area contributed by atoms with Crippen LogP contribution in [-0.2, 0) is 4.79 Å². The fraction of sp³-hybridized carbons (Fsp3) is 0.333. The van der Waals surface area contributed by atoms with Crippen molar-refractivity contribution in [3.05, 3.63) is 54.1 Å². The first-order chi connectivity index (χ1) is 13.1. The summed E-state index contributed by atoms with van der Waals surface area (Å²) in [5.41, 5.74) is 1.40. The second kappa shape index (κ2) is 8.58. The number of amides is 2. The van der Waals surface area contributed by atoms with E-state index in [4.69, 9.17) is 9.47 Å². The van der Waals surface area contributed by atoms with E-state index < -0.39 is 0 Å². The Balaban J connectivity index is 1.56. The molecule has 1 unspecified atom stereocenters. The molecule has 6 nitrogen and oxygen atoms in total. The largest absolute Gasteiger partial charge is 0.497 e. The first kappa shape index (κ1) is 18.8. The molecule has 0 aromatic heterocycles. The minimum absolute atomic E-state index is 0.0692. The summed E-state index contributed by atoms with van der Waals surface area (Å²) in [5, 5.41) is 2.92. The van der Waals surface area contributed by atoms with Gasteiger partial charge in [-0.25, -0.2) is 0 Å². The summed E-state index contributed by atoms with van der Waals surface area (Å²) in [5.74, 6) is 1.41. The fourth-order valence-corrected chi connectivity index (χ4v) is 3.16. The number of anilines is 1. The van der Waals surface area contributed by atoms with Crippen LogP contribution in [0.1, 0.15) is 23.7 Å². The van der Waals surface area contributed by atoms with Crippen molar-refractivity contribution in [2.75, 3.05) is 31.7 Å². The van der Waals surface area contributed by atoms with Gasteiger partial charge >= 0.3 is 0 Å². The highest BCUT2D eigenvalue weighted by atomic mass is 16.5. The van der Waals surface area contributed by atoms with E-state index in [-0.39, 0.29) is 17.7 Å².